The quantitative estimate of drug-likeness (QED) is 0.279. The van der Waals surface area contributed by atoms with Crippen molar-refractivity contribution in [3.8, 4) is 17.2 Å². The van der Waals surface area contributed by atoms with Gasteiger partial charge in [0.15, 0.2) is 11.4 Å². The maximum Gasteiger partial charge on any atom is 0.226 e. The molecule has 214 valence electrons. The van der Waals surface area contributed by atoms with Gasteiger partial charge in [0, 0.05) is 30.3 Å². The number of hydrogen-bond acceptors (Lipinski definition) is 8. The molecule has 5 rings (SSSR count). The molecule has 1 amide bonds. The number of carbonyl (C=O) groups is 2. The van der Waals surface area contributed by atoms with Crippen molar-refractivity contribution in [1.29, 1.82) is 0 Å². The van der Waals surface area contributed by atoms with Gasteiger partial charge in [-0.3, -0.25) is 9.59 Å². The highest BCUT2D eigenvalue weighted by molar-refractivity contribution is 5.83. The standard InChI is InChI=1S/C31H41N5O4/c1-4-22(37)11-7-6-8-12-25(34-28(38)24-19-31(24)13-16-36(5-2)17-14-31)30-33-20-26(40-30)23-18-21-10-9-15-32-27(21)35-29(23)39-3/h9-10,15,18,20,24-25H,4-8,11-14,16-17,19H2,1-3H3,(H,34,38)/t24-,25+/m1/s1. The number of nitrogens with one attached hydrogen (secondary N) is 1. The first-order chi connectivity index (χ1) is 19.5. The van der Waals surface area contributed by atoms with Crippen LogP contribution in [0.5, 0.6) is 5.88 Å². The molecule has 0 radical (unpaired) electrons. The Morgan fingerprint density at radius 3 is 2.77 bits per heavy atom. The lowest BCUT2D eigenvalue weighted by Gasteiger charge is -2.32. The van der Waals surface area contributed by atoms with Crippen molar-refractivity contribution < 1.29 is 18.7 Å². The third-order valence-corrected chi connectivity index (χ3v) is 8.80. The molecule has 1 aliphatic heterocycles. The second-order valence-electron chi connectivity index (χ2n) is 11.3. The normalized spacial score (nSPS) is 19.0. The lowest BCUT2D eigenvalue weighted by Crippen LogP contribution is -2.37. The number of amides is 1. The van der Waals surface area contributed by atoms with Gasteiger partial charge in [0.1, 0.15) is 11.8 Å². The number of rotatable bonds is 13. The predicted molar refractivity (Wildman–Crippen MR) is 153 cm³/mol. The molecule has 0 aromatic carbocycles. The van der Waals surface area contributed by atoms with Gasteiger partial charge in [-0.2, -0.15) is 4.98 Å². The van der Waals surface area contributed by atoms with E-state index in [1.165, 1.54) is 0 Å². The highest BCUT2D eigenvalue weighted by atomic mass is 16.5. The van der Waals surface area contributed by atoms with Crippen LogP contribution >= 0.6 is 0 Å². The molecule has 2 atom stereocenters. The van der Waals surface area contributed by atoms with Crippen LogP contribution < -0.4 is 10.1 Å². The van der Waals surface area contributed by atoms with Crippen LogP contribution in [0.3, 0.4) is 0 Å². The smallest absolute Gasteiger partial charge is 0.226 e. The molecule has 9 nitrogen and oxygen atoms in total. The summed E-state index contributed by atoms with van der Waals surface area (Å²) in [7, 11) is 1.57. The number of nitrogens with zero attached hydrogens (tertiary/aromatic N) is 4. The van der Waals surface area contributed by atoms with Crippen molar-refractivity contribution >= 4 is 22.7 Å². The number of fused-ring (bicyclic) bond motifs is 1. The second kappa shape index (κ2) is 12.5. The fourth-order valence-electron chi connectivity index (χ4n) is 6.03. The fourth-order valence-corrected chi connectivity index (χ4v) is 6.03. The van der Waals surface area contributed by atoms with Crippen LogP contribution in [0.15, 0.2) is 35.0 Å². The summed E-state index contributed by atoms with van der Waals surface area (Å²) in [6.07, 6.45) is 11.0. The summed E-state index contributed by atoms with van der Waals surface area (Å²) in [6, 6.07) is 5.41. The zero-order chi connectivity index (χ0) is 28.1. The van der Waals surface area contributed by atoms with Gasteiger partial charge in [-0.05, 0) is 75.4 Å². The van der Waals surface area contributed by atoms with Gasteiger partial charge >= 0.3 is 0 Å². The molecule has 0 bridgehead atoms. The fraction of sp³-hybridized carbons (Fsp3) is 0.581. The van der Waals surface area contributed by atoms with Crippen molar-refractivity contribution in [2.24, 2.45) is 11.3 Å². The van der Waals surface area contributed by atoms with Crippen LogP contribution in [0.25, 0.3) is 22.4 Å². The molecule has 4 heterocycles. The third-order valence-electron chi connectivity index (χ3n) is 8.80. The van der Waals surface area contributed by atoms with E-state index in [2.05, 4.69) is 32.1 Å². The highest BCUT2D eigenvalue weighted by Gasteiger charge is 2.58. The summed E-state index contributed by atoms with van der Waals surface area (Å²) >= 11 is 0. The Morgan fingerprint density at radius 1 is 1.20 bits per heavy atom. The number of carbonyl (C=O) groups excluding carboxylic acids is 2. The van der Waals surface area contributed by atoms with Crippen LogP contribution in [0, 0.1) is 11.3 Å². The van der Waals surface area contributed by atoms with Crippen molar-refractivity contribution in [3.63, 3.8) is 0 Å². The number of aromatic nitrogens is 3. The number of ether oxygens (including phenoxy) is 1. The third kappa shape index (κ3) is 6.19. The van der Waals surface area contributed by atoms with Gasteiger partial charge < -0.3 is 19.4 Å². The first kappa shape index (κ1) is 28.2. The minimum atomic E-state index is -0.336. The molecule has 40 heavy (non-hydrogen) atoms. The van der Waals surface area contributed by atoms with Gasteiger partial charge in [0.05, 0.1) is 18.9 Å². The average Bonchev–Trinajstić information content (AvgIpc) is 3.46. The van der Waals surface area contributed by atoms with Gasteiger partial charge in [-0.25, -0.2) is 9.97 Å². The Labute approximate surface area is 236 Å². The summed E-state index contributed by atoms with van der Waals surface area (Å²) in [5.41, 5.74) is 1.44. The number of ketones is 1. The van der Waals surface area contributed by atoms with Crippen molar-refractivity contribution in [2.75, 3.05) is 26.7 Å². The van der Waals surface area contributed by atoms with Crippen LogP contribution in [-0.2, 0) is 9.59 Å². The SMILES string of the molecule is CCC(=O)CCCCC[C@H](NC(=O)[C@H]1CC12CCN(CC)CC2)c1ncc(-c2cc3cccnc3nc2OC)o1. The molecular weight excluding hydrogens is 506 g/mol. The van der Waals surface area contributed by atoms with E-state index in [9.17, 15) is 9.59 Å². The average molecular weight is 548 g/mol. The minimum absolute atomic E-state index is 0.0582. The number of likely N-dealkylation sites (tertiary alicyclic amines) is 1. The van der Waals surface area contributed by atoms with Gasteiger partial charge in [-0.15, -0.1) is 0 Å². The van der Waals surface area contributed by atoms with E-state index in [4.69, 9.17) is 9.15 Å². The van der Waals surface area contributed by atoms with Crippen molar-refractivity contribution in [1.82, 2.24) is 25.2 Å². The van der Waals surface area contributed by atoms with E-state index in [-0.39, 0.29) is 23.3 Å². The molecule has 2 fully saturated rings. The van der Waals surface area contributed by atoms with E-state index in [0.29, 0.717) is 53.8 Å². The highest BCUT2D eigenvalue weighted by Crippen LogP contribution is 2.59. The zero-order valence-corrected chi connectivity index (χ0v) is 23.9. The van der Waals surface area contributed by atoms with Crippen LogP contribution in [0.2, 0.25) is 0 Å². The molecule has 1 aliphatic carbocycles. The lowest BCUT2D eigenvalue weighted by atomic mass is 9.90. The molecule has 3 aromatic heterocycles. The number of methoxy groups -OCH3 is 1. The van der Waals surface area contributed by atoms with E-state index in [1.54, 1.807) is 19.5 Å². The van der Waals surface area contributed by atoms with Gasteiger partial charge in [0.25, 0.3) is 0 Å². The number of piperidine rings is 1. The Kier molecular flexibility index (Phi) is 8.78. The Balaban J connectivity index is 1.31. The van der Waals surface area contributed by atoms with E-state index in [0.717, 1.165) is 63.5 Å². The Bertz CT molecular complexity index is 1330. The first-order valence-electron chi connectivity index (χ1n) is 14.8. The van der Waals surface area contributed by atoms with Crippen molar-refractivity contribution in [2.45, 2.75) is 77.7 Å². The lowest BCUT2D eigenvalue weighted by molar-refractivity contribution is -0.124. The summed E-state index contributed by atoms with van der Waals surface area (Å²) in [4.78, 5) is 41.1. The minimum Gasteiger partial charge on any atom is -0.480 e. The Hall–Kier alpha value is -3.33. The van der Waals surface area contributed by atoms with Gasteiger partial charge in [-0.1, -0.05) is 26.7 Å². The zero-order valence-electron chi connectivity index (χ0n) is 23.9. The van der Waals surface area contributed by atoms with Crippen LogP contribution in [0.4, 0.5) is 0 Å². The summed E-state index contributed by atoms with van der Waals surface area (Å²) in [5, 5.41) is 4.16. The number of oxazole rings is 1. The second-order valence-corrected chi connectivity index (χ2v) is 11.3. The molecule has 1 N–H and O–H groups in total. The molecule has 3 aromatic rings. The topological polar surface area (TPSA) is 110 Å². The molecular formula is C31H41N5O4. The number of Topliss-reactive ketones (excluding diaryl/α,β-unsaturated/α-hetero) is 1. The summed E-state index contributed by atoms with van der Waals surface area (Å²) in [6.45, 7) is 7.31. The van der Waals surface area contributed by atoms with Crippen LogP contribution in [0.1, 0.15) is 83.6 Å². The van der Waals surface area contributed by atoms with E-state index >= 15 is 0 Å². The van der Waals surface area contributed by atoms with E-state index in [1.807, 2.05) is 25.1 Å². The molecule has 1 saturated carbocycles. The van der Waals surface area contributed by atoms with E-state index < -0.39 is 0 Å². The first-order valence-corrected chi connectivity index (χ1v) is 14.8. The van der Waals surface area contributed by atoms with Crippen molar-refractivity contribution in [3.05, 3.63) is 36.5 Å². The predicted octanol–water partition coefficient (Wildman–Crippen LogP) is 5.50. The number of pyridine rings is 2. The molecule has 2 aliphatic rings. The number of hydrogen-bond donors (Lipinski definition) is 1. The largest absolute Gasteiger partial charge is 0.480 e. The molecule has 1 spiro atoms. The summed E-state index contributed by atoms with van der Waals surface area (Å²) in [5.74, 6) is 1.89. The van der Waals surface area contributed by atoms with Crippen LogP contribution in [-0.4, -0.2) is 58.3 Å². The summed E-state index contributed by atoms with van der Waals surface area (Å²) < 4.78 is 11.8. The number of unbranched alkanes of at least 4 members (excludes halogenated alkanes) is 2. The molecule has 0 unspecified atom stereocenters. The van der Waals surface area contributed by atoms with Gasteiger partial charge in [0.2, 0.25) is 17.7 Å². The monoisotopic (exact) mass is 547 g/mol. The maximum absolute atomic E-state index is 13.5. The Morgan fingerprint density at radius 2 is 2.02 bits per heavy atom. The molecule has 1 saturated heterocycles. The maximum atomic E-state index is 13.5. The molecule has 9 heteroatoms.